The van der Waals surface area contributed by atoms with Crippen LogP contribution in [-0.4, -0.2) is 133 Å². The van der Waals surface area contributed by atoms with Gasteiger partial charge in [-0.2, -0.15) is 12.6 Å². The number of aliphatic hydroxyl groups is 1. The van der Waals surface area contributed by atoms with Gasteiger partial charge in [0.25, 0.3) is 0 Å². The van der Waals surface area contributed by atoms with Gasteiger partial charge in [-0.05, 0) is 6.42 Å². The van der Waals surface area contributed by atoms with E-state index >= 15 is 0 Å². The number of hydrogen-bond acceptors (Lipinski definition) is 15. The standard InChI is InChI=1S/C10H17N3O6S.C6H12N2O4S2.C3H7NO3/c11-5(10(18)19)1-2-7(14)13-6(4-20)9(17)12-3-8(15)16;7-3(5(9)10)1-13-14-2-4(8)6(11)12;4-2(1-5)3(6)7/h5-6,20H,1-4,11H2,(H,12,17)(H,13,14)(H,15,16)(H,18,19);3-4H,1-2,7-8H2,(H,9,10)(H,11,12);2,5H,1,4H2,(H,6,7). The van der Waals surface area contributed by atoms with E-state index in [-0.39, 0.29) is 30.1 Å². The molecule has 16 N–H and O–H groups in total. The first-order chi connectivity index (χ1) is 18.9. The van der Waals surface area contributed by atoms with E-state index in [2.05, 4.69) is 23.3 Å². The number of carboxylic acid groups (broad SMARTS) is 5. The number of carboxylic acids is 5. The molecule has 0 rings (SSSR count). The highest BCUT2D eigenvalue weighted by molar-refractivity contribution is 8.76. The summed E-state index contributed by atoms with van der Waals surface area (Å²) in [5.74, 6) is -6.56. The van der Waals surface area contributed by atoms with Gasteiger partial charge in [-0.15, -0.1) is 0 Å². The van der Waals surface area contributed by atoms with Crippen molar-refractivity contribution in [3.63, 3.8) is 0 Å². The number of hydrogen-bond donors (Lipinski definition) is 13. The van der Waals surface area contributed by atoms with Crippen LogP contribution in [0.2, 0.25) is 0 Å². The van der Waals surface area contributed by atoms with Crippen LogP contribution in [0.3, 0.4) is 0 Å². The van der Waals surface area contributed by atoms with Crippen LogP contribution >= 0.6 is 34.2 Å². The fraction of sp³-hybridized carbons (Fsp3) is 0.632. The van der Waals surface area contributed by atoms with Crippen LogP contribution in [-0.2, 0) is 33.6 Å². The second-order valence-corrected chi connectivity index (χ2v) is 10.4. The van der Waals surface area contributed by atoms with E-state index in [1.807, 2.05) is 0 Å². The Hall–Kier alpha value is -2.86. The van der Waals surface area contributed by atoms with Gasteiger partial charge in [-0.1, -0.05) is 21.6 Å². The maximum Gasteiger partial charge on any atom is 0.322 e. The summed E-state index contributed by atoms with van der Waals surface area (Å²) >= 11 is 3.87. The van der Waals surface area contributed by atoms with Gasteiger partial charge < -0.3 is 64.2 Å². The smallest absolute Gasteiger partial charge is 0.322 e. The fourth-order valence-electron chi connectivity index (χ4n) is 1.62. The van der Waals surface area contributed by atoms with Gasteiger partial charge in [0.15, 0.2) is 0 Å². The maximum absolute atomic E-state index is 11.5. The number of rotatable bonds is 18. The second-order valence-electron chi connectivity index (χ2n) is 7.48. The number of carbonyl (C=O) groups is 7. The van der Waals surface area contributed by atoms with Crippen molar-refractivity contribution >= 4 is 75.9 Å². The van der Waals surface area contributed by atoms with Crippen LogP contribution in [0.1, 0.15) is 12.8 Å². The van der Waals surface area contributed by atoms with Crippen molar-refractivity contribution in [2.45, 2.75) is 43.1 Å². The SMILES string of the molecule is NC(CCC(=O)NC(CS)C(=O)NCC(=O)O)C(=O)O.NC(CO)C(=O)O.NC(CSSCC(N)C(=O)O)C(=O)O. The number of aliphatic carboxylic acids is 5. The molecule has 0 radical (unpaired) electrons. The second kappa shape index (κ2) is 24.9. The van der Waals surface area contributed by atoms with E-state index in [1.54, 1.807) is 0 Å². The zero-order valence-electron chi connectivity index (χ0n) is 21.5. The van der Waals surface area contributed by atoms with E-state index in [0.717, 1.165) is 0 Å². The van der Waals surface area contributed by atoms with Crippen LogP contribution < -0.4 is 33.6 Å². The molecule has 19 nitrogen and oxygen atoms in total. The van der Waals surface area contributed by atoms with Gasteiger partial charge in [-0.3, -0.25) is 33.6 Å². The van der Waals surface area contributed by atoms with Crippen molar-refractivity contribution in [1.82, 2.24) is 10.6 Å². The van der Waals surface area contributed by atoms with Crippen LogP contribution in [0.4, 0.5) is 0 Å². The zero-order chi connectivity index (χ0) is 32.7. The van der Waals surface area contributed by atoms with Gasteiger partial charge in [0.05, 0.1) is 6.61 Å². The molecule has 41 heavy (non-hydrogen) atoms. The summed E-state index contributed by atoms with van der Waals surface area (Å²) in [5.41, 5.74) is 20.4. The largest absolute Gasteiger partial charge is 0.480 e. The molecule has 0 fully saturated rings. The molecule has 0 saturated heterocycles. The molecule has 5 atom stereocenters. The quantitative estimate of drug-likeness (QED) is 0.0376. The molecule has 0 spiro atoms. The zero-order valence-corrected chi connectivity index (χ0v) is 24.0. The molecule has 0 bridgehead atoms. The molecule has 0 aliphatic carbocycles. The Balaban J connectivity index is -0.000000594. The Morgan fingerprint density at radius 2 is 1.12 bits per heavy atom. The lowest BCUT2D eigenvalue weighted by Crippen LogP contribution is -2.49. The fourth-order valence-corrected chi connectivity index (χ4v) is 4.11. The first-order valence-electron chi connectivity index (χ1n) is 11.1. The van der Waals surface area contributed by atoms with Gasteiger partial charge >= 0.3 is 29.8 Å². The first kappa shape index (κ1) is 42.6. The van der Waals surface area contributed by atoms with Crippen molar-refractivity contribution in [2.24, 2.45) is 22.9 Å². The van der Waals surface area contributed by atoms with Crippen LogP contribution in [0.25, 0.3) is 0 Å². The molecule has 5 unspecified atom stereocenters. The molecule has 238 valence electrons. The minimum Gasteiger partial charge on any atom is -0.480 e. The first-order valence-corrected chi connectivity index (χ1v) is 14.2. The summed E-state index contributed by atoms with van der Waals surface area (Å²) < 4.78 is 0. The lowest BCUT2D eigenvalue weighted by molar-refractivity contribution is -0.140. The molecule has 22 heteroatoms. The monoisotopic (exact) mass is 652 g/mol. The van der Waals surface area contributed by atoms with Crippen molar-refractivity contribution in [3.05, 3.63) is 0 Å². The molecule has 2 amide bonds. The molecule has 0 aromatic heterocycles. The molecular weight excluding hydrogens is 616 g/mol. The molecular formula is C19H36N6O13S3. The lowest BCUT2D eigenvalue weighted by Gasteiger charge is -2.16. The lowest BCUT2D eigenvalue weighted by atomic mass is 10.1. The summed E-state index contributed by atoms with van der Waals surface area (Å²) in [5, 5.41) is 54.1. The molecule has 0 saturated carbocycles. The summed E-state index contributed by atoms with van der Waals surface area (Å²) in [7, 11) is 2.41. The molecule has 0 aliphatic heterocycles. The van der Waals surface area contributed by atoms with Gasteiger partial charge in [-0.25, -0.2) is 0 Å². The molecule has 0 aromatic carbocycles. The summed E-state index contributed by atoms with van der Waals surface area (Å²) in [4.78, 5) is 73.9. The Morgan fingerprint density at radius 1 is 0.707 bits per heavy atom. The number of carbonyl (C=O) groups excluding carboxylic acids is 2. The number of nitrogens with one attached hydrogen (secondary N) is 2. The Labute approximate surface area is 246 Å². The molecule has 0 aliphatic rings. The average Bonchev–Trinajstić information content (AvgIpc) is 2.90. The topological polar surface area (TPSA) is 369 Å². The highest BCUT2D eigenvalue weighted by atomic mass is 33.1. The summed E-state index contributed by atoms with van der Waals surface area (Å²) in [6.45, 7) is -1.07. The van der Waals surface area contributed by atoms with E-state index in [1.165, 1.54) is 21.6 Å². The number of thiol groups is 1. The van der Waals surface area contributed by atoms with E-state index < -0.39 is 85.0 Å². The highest BCUT2D eigenvalue weighted by Crippen LogP contribution is 2.22. The van der Waals surface area contributed by atoms with Crippen LogP contribution in [0, 0.1) is 0 Å². The third-order valence-electron chi connectivity index (χ3n) is 3.97. The minimum atomic E-state index is -1.22. The number of amides is 2. The van der Waals surface area contributed by atoms with Crippen molar-refractivity contribution in [2.75, 3.05) is 30.4 Å². The predicted octanol–water partition coefficient (Wildman–Crippen LogP) is -4.62. The van der Waals surface area contributed by atoms with Crippen molar-refractivity contribution in [1.29, 1.82) is 0 Å². The van der Waals surface area contributed by atoms with E-state index in [4.69, 9.17) is 53.6 Å². The van der Waals surface area contributed by atoms with Gasteiger partial charge in [0.1, 0.15) is 36.8 Å². The van der Waals surface area contributed by atoms with Crippen molar-refractivity contribution < 1.29 is 64.2 Å². The van der Waals surface area contributed by atoms with Crippen LogP contribution in [0.15, 0.2) is 0 Å². The number of nitrogens with two attached hydrogens (primary N) is 4. The number of aliphatic hydroxyl groups excluding tert-OH is 1. The molecule has 0 heterocycles. The third-order valence-corrected chi connectivity index (χ3v) is 6.81. The average molecular weight is 653 g/mol. The Morgan fingerprint density at radius 3 is 1.41 bits per heavy atom. The Bertz CT molecular complexity index is 848. The Kier molecular flexibility index (Phi) is 25.9. The van der Waals surface area contributed by atoms with Crippen molar-refractivity contribution in [3.8, 4) is 0 Å². The predicted molar refractivity (Wildman–Crippen MR) is 150 cm³/mol. The minimum absolute atomic E-state index is 0.0256. The van der Waals surface area contributed by atoms with Gasteiger partial charge in [0.2, 0.25) is 11.8 Å². The maximum atomic E-state index is 11.5. The van der Waals surface area contributed by atoms with Crippen LogP contribution in [0.5, 0.6) is 0 Å². The van der Waals surface area contributed by atoms with E-state index in [0.29, 0.717) is 0 Å². The third kappa shape index (κ3) is 25.8. The highest BCUT2D eigenvalue weighted by Gasteiger charge is 2.21. The molecule has 0 aromatic rings. The normalized spacial score (nSPS) is 13.7. The summed E-state index contributed by atoms with van der Waals surface area (Å²) in [6, 6.07) is -5.12. The summed E-state index contributed by atoms with van der Waals surface area (Å²) in [6.07, 6.45) is -0.235. The van der Waals surface area contributed by atoms with E-state index in [9.17, 15) is 33.6 Å². The van der Waals surface area contributed by atoms with Gasteiger partial charge in [0, 0.05) is 23.7 Å².